The smallest absolute Gasteiger partial charge is 0.165 e. The van der Waals surface area contributed by atoms with Gasteiger partial charge in [-0.25, -0.2) is 0 Å². The predicted octanol–water partition coefficient (Wildman–Crippen LogP) is 7.05. The summed E-state index contributed by atoms with van der Waals surface area (Å²) >= 11 is 15.9. The normalized spacial score (nSPS) is 10.6. The highest BCUT2D eigenvalue weighted by atomic mass is 79.9. The van der Waals surface area contributed by atoms with E-state index < -0.39 is 0 Å². The molecule has 3 aromatic carbocycles. The molecule has 0 fully saturated rings. The van der Waals surface area contributed by atoms with Crippen LogP contribution in [0.3, 0.4) is 0 Å². The van der Waals surface area contributed by atoms with Crippen LogP contribution in [0.25, 0.3) is 0 Å². The molecule has 5 heteroatoms. The van der Waals surface area contributed by atoms with Gasteiger partial charge in [-0.3, -0.25) is 0 Å². The van der Waals surface area contributed by atoms with Crippen molar-refractivity contribution in [2.24, 2.45) is 0 Å². The number of benzene rings is 3. The third-order valence-electron chi connectivity index (χ3n) is 3.88. The van der Waals surface area contributed by atoms with Crippen LogP contribution in [0, 0.1) is 0 Å². The van der Waals surface area contributed by atoms with Crippen LogP contribution in [0.1, 0.15) is 16.7 Å². The first-order valence-corrected chi connectivity index (χ1v) is 9.97. The lowest BCUT2D eigenvalue weighted by Gasteiger charge is -2.16. The van der Waals surface area contributed by atoms with Gasteiger partial charge in [0.2, 0.25) is 0 Å². The van der Waals surface area contributed by atoms with Crippen LogP contribution in [-0.2, 0) is 18.5 Å². The second-order valence-corrected chi connectivity index (χ2v) is 7.01. The Labute approximate surface area is 171 Å². The first-order chi connectivity index (χ1) is 12.7. The molecule has 0 aliphatic rings. The van der Waals surface area contributed by atoms with E-state index in [0.29, 0.717) is 40.1 Å². The number of ether oxygens (including phenoxy) is 2. The van der Waals surface area contributed by atoms with Crippen LogP contribution in [-0.4, -0.2) is 0 Å². The molecule has 0 N–H and O–H groups in total. The third-order valence-corrected chi connectivity index (χ3v) is 5.22. The topological polar surface area (TPSA) is 18.5 Å². The highest BCUT2D eigenvalue weighted by molar-refractivity contribution is 9.08. The van der Waals surface area contributed by atoms with Crippen LogP contribution in [0.2, 0.25) is 10.0 Å². The van der Waals surface area contributed by atoms with Crippen molar-refractivity contribution in [3.63, 3.8) is 0 Å². The molecule has 0 bridgehead atoms. The molecule has 2 nitrogen and oxygen atoms in total. The lowest BCUT2D eigenvalue weighted by Crippen LogP contribution is -2.03. The number of hydrogen-bond donors (Lipinski definition) is 0. The van der Waals surface area contributed by atoms with Crippen molar-refractivity contribution < 1.29 is 9.47 Å². The Hall–Kier alpha value is -1.68. The van der Waals surface area contributed by atoms with Crippen LogP contribution in [0.5, 0.6) is 11.5 Å². The maximum absolute atomic E-state index is 6.23. The monoisotopic (exact) mass is 450 g/mol. The highest BCUT2D eigenvalue weighted by Crippen LogP contribution is 2.34. The van der Waals surface area contributed by atoms with Gasteiger partial charge in [0.05, 0.1) is 0 Å². The van der Waals surface area contributed by atoms with E-state index in [4.69, 9.17) is 32.7 Å². The summed E-state index contributed by atoms with van der Waals surface area (Å²) in [6.45, 7) is 0.736. The Kier molecular flexibility index (Phi) is 6.84. The first kappa shape index (κ1) is 19.1. The van der Waals surface area contributed by atoms with Gasteiger partial charge in [0.15, 0.2) is 11.5 Å². The maximum Gasteiger partial charge on any atom is 0.165 e. The number of para-hydroxylation sites is 1. The van der Waals surface area contributed by atoms with E-state index in [1.165, 1.54) is 0 Å². The largest absolute Gasteiger partial charge is 0.485 e. The summed E-state index contributed by atoms with van der Waals surface area (Å²) in [7, 11) is 0. The summed E-state index contributed by atoms with van der Waals surface area (Å²) < 4.78 is 12.1. The minimum absolute atomic E-state index is 0.367. The Bertz CT molecular complexity index is 883. The summed E-state index contributed by atoms with van der Waals surface area (Å²) in [4.78, 5) is 0. The molecule has 0 saturated carbocycles. The molecule has 0 radical (unpaired) electrons. The standard InChI is InChI=1S/C21H17BrCl2O2/c22-12-15-8-5-11-20(25-13-16-6-1-3-9-18(16)23)21(15)26-14-17-7-2-4-10-19(17)24/h1-11H,12-14H2. The van der Waals surface area contributed by atoms with Gasteiger partial charge in [-0.1, -0.05) is 87.7 Å². The van der Waals surface area contributed by atoms with Crippen LogP contribution < -0.4 is 9.47 Å². The average Bonchev–Trinajstić information content (AvgIpc) is 2.67. The van der Waals surface area contributed by atoms with Gasteiger partial charge >= 0.3 is 0 Å². The number of hydrogen-bond acceptors (Lipinski definition) is 2. The van der Waals surface area contributed by atoms with Gasteiger partial charge in [0.25, 0.3) is 0 Å². The lowest BCUT2D eigenvalue weighted by molar-refractivity contribution is 0.254. The van der Waals surface area contributed by atoms with E-state index in [-0.39, 0.29) is 0 Å². The molecule has 0 spiro atoms. The molecule has 0 aliphatic heterocycles. The Balaban J connectivity index is 1.79. The minimum Gasteiger partial charge on any atom is -0.485 e. The Morgan fingerprint density at radius 3 is 1.77 bits per heavy atom. The van der Waals surface area contributed by atoms with Gasteiger partial charge < -0.3 is 9.47 Å². The van der Waals surface area contributed by atoms with Gasteiger partial charge in [0, 0.05) is 32.1 Å². The van der Waals surface area contributed by atoms with Crippen LogP contribution >= 0.6 is 39.1 Å². The van der Waals surface area contributed by atoms with Gasteiger partial charge in [0.1, 0.15) is 13.2 Å². The number of rotatable bonds is 7. The van der Waals surface area contributed by atoms with Gasteiger partial charge in [-0.15, -0.1) is 0 Å². The number of halogens is 3. The van der Waals surface area contributed by atoms with E-state index in [9.17, 15) is 0 Å². The van der Waals surface area contributed by atoms with Gasteiger partial charge in [-0.2, -0.15) is 0 Å². The summed E-state index contributed by atoms with van der Waals surface area (Å²) in [6, 6.07) is 21.1. The molecule has 0 aromatic heterocycles. The van der Waals surface area contributed by atoms with Crippen molar-refractivity contribution in [3.8, 4) is 11.5 Å². The molecule has 0 saturated heterocycles. The first-order valence-electron chi connectivity index (χ1n) is 8.09. The Morgan fingerprint density at radius 1 is 0.654 bits per heavy atom. The molecular weight excluding hydrogens is 435 g/mol. The zero-order valence-corrected chi connectivity index (χ0v) is 17.0. The SMILES string of the molecule is Clc1ccccc1COc1cccc(CBr)c1OCc1ccccc1Cl. The quantitative estimate of drug-likeness (QED) is 0.358. The van der Waals surface area contributed by atoms with E-state index in [2.05, 4.69) is 15.9 Å². The highest BCUT2D eigenvalue weighted by Gasteiger charge is 2.12. The zero-order valence-electron chi connectivity index (χ0n) is 13.9. The van der Waals surface area contributed by atoms with E-state index in [0.717, 1.165) is 16.7 Å². The molecular formula is C21H17BrCl2O2. The van der Waals surface area contributed by atoms with E-state index in [1.54, 1.807) is 0 Å². The third kappa shape index (κ3) is 4.73. The van der Waals surface area contributed by atoms with Crippen molar-refractivity contribution in [1.82, 2.24) is 0 Å². The minimum atomic E-state index is 0.367. The fourth-order valence-electron chi connectivity index (χ4n) is 2.48. The fraction of sp³-hybridized carbons (Fsp3) is 0.143. The van der Waals surface area contributed by atoms with Crippen LogP contribution in [0.15, 0.2) is 66.7 Å². The summed E-state index contributed by atoms with van der Waals surface area (Å²) in [6.07, 6.45) is 0. The van der Waals surface area contributed by atoms with Crippen molar-refractivity contribution in [2.75, 3.05) is 0 Å². The van der Waals surface area contributed by atoms with Crippen molar-refractivity contribution in [1.29, 1.82) is 0 Å². The average molecular weight is 452 g/mol. The summed E-state index contributed by atoms with van der Waals surface area (Å²) in [5, 5.41) is 2.03. The zero-order chi connectivity index (χ0) is 18.4. The maximum atomic E-state index is 6.23. The molecule has 0 atom stereocenters. The van der Waals surface area contributed by atoms with E-state index in [1.807, 2.05) is 66.7 Å². The van der Waals surface area contributed by atoms with Gasteiger partial charge in [-0.05, 0) is 18.2 Å². The molecule has 0 aliphatic carbocycles. The molecule has 0 heterocycles. The van der Waals surface area contributed by atoms with Crippen molar-refractivity contribution in [2.45, 2.75) is 18.5 Å². The number of alkyl halides is 1. The summed E-state index contributed by atoms with van der Waals surface area (Å²) in [5.41, 5.74) is 2.86. The van der Waals surface area contributed by atoms with E-state index >= 15 is 0 Å². The van der Waals surface area contributed by atoms with Crippen molar-refractivity contribution >= 4 is 39.1 Å². The second kappa shape index (κ2) is 9.31. The molecule has 0 unspecified atom stereocenters. The summed E-state index contributed by atoms with van der Waals surface area (Å²) in [5.74, 6) is 1.38. The molecule has 3 aromatic rings. The lowest BCUT2D eigenvalue weighted by atomic mass is 10.2. The van der Waals surface area contributed by atoms with Crippen LogP contribution in [0.4, 0.5) is 0 Å². The molecule has 134 valence electrons. The second-order valence-electron chi connectivity index (χ2n) is 5.64. The molecule has 0 amide bonds. The molecule has 3 rings (SSSR count). The Morgan fingerprint density at radius 2 is 1.19 bits per heavy atom. The predicted molar refractivity (Wildman–Crippen MR) is 111 cm³/mol. The molecule has 26 heavy (non-hydrogen) atoms. The van der Waals surface area contributed by atoms with Crippen molar-refractivity contribution in [3.05, 3.63) is 93.5 Å². The fourth-order valence-corrected chi connectivity index (χ4v) is 3.30.